The first-order chi connectivity index (χ1) is 12.1. The number of amides is 1. The summed E-state index contributed by atoms with van der Waals surface area (Å²) in [6.45, 7) is 2.64. The molecule has 0 aliphatic heterocycles. The standard InChI is InChI=1S/C22H24ClNO/c1-16-10-12-17(13-11-16)15-24-22(25)20-8-4-2-6-18(20)14-19-7-3-5-9-21(19)23/h3,5,7,9-13H,2,4,6,8,14-15H2,1H3,(H,24,25). The molecule has 1 amide bonds. The SMILES string of the molecule is Cc1ccc(CNC(=O)C2=C(Cc3ccccc3Cl)CCCC2)cc1. The molecule has 1 aliphatic rings. The molecule has 2 aromatic rings. The van der Waals surface area contributed by atoms with Gasteiger partial charge in [-0.1, -0.05) is 65.2 Å². The molecule has 25 heavy (non-hydrogen) atoms. The van der Waals surface area contributed by atoms with Crippen LogP contribution in [0.2, 0.25) is 5.02 Å². The molecule has 2 nitrogen and oxygen atoms in total. The van der Waals surface area contributed by atoms with E-state index in [1.165, 1.54) is 11.1 Å². The summed E-state index contributed by atoms with van der Waals surface area (Å²) in [5, 5.41) is 3.87. The topological polar surface area (TPSA) is 29.1 Å². The Kier molecular flexibility index (Phi) is 5.93. The fourth-order valence-electron chi connectivity index (χ4n) is 3.30. The van der Waals surface area contributed by atoms with Crippen molar-refractivity contribution in [2.24, 2.45) is 0 Å². The molecule has 0 spiro atoms. The molecule has 1 N–H and O–H groups in total. The summed E-state index contributed by atoms with van der Waals surface area (Å²) in [4.78, 5) is 12.7. The fourth-order valence-corrected chi connectivity index (χ4v) is 3.51. The Hall–Kier alpha value is -2.06. The second kappa shape index (κ2) is 8.35. The number of halogens is 1. The van der Waals surface area contributed by atoms with Crippen molar-refractivity contribution in [3.63, 3.8) is 0 Å². The molecule has 0 bridgehead atoms. The van der Waals surface area contributed by atoms with Gasteiger partial charge in [-0.15, -0.1) is 0 Å². The number of carbonyl (C=O) groups is 1. The van der Waals surface area contributed by atoms with Crippen molar-refractivity contribution in [1.29, 1.82) is 0 Å². The van der Waals surface area contributed by atoms with Crippen molar-refractivity contribution in [2.45, 2.75) is 45.6 Å². The van der Waals surface area contributed by atoms with Crippen LogP contribution < -0.4 is 5.32 Å². The molecule has 3 rings (SSSR count). The van der Waals surface area contributed by atoms with Crippen molar-refractivity contribution in [2.75, 3.05) is 0 Å². The zero-order valence-corrected chi connectivity index (χ0v) is 15.4. The van der Waals surface area contributed by atoms with Crippen LogP contribution >= 0.6 is 11.6 Å². The molecular weight excluding hydrogens is 330 g/mol. The largest absolute Gasteiger partial charge is 0.348 e. The lowest BCUT2D eigenvalue weighted by atomic mass is 9.87. The van der Waals surface area contributed by atoms with Crippen LogP contribution in [0.4, 0.5) is 0 Å². The van der Waals surface area contributed by atoms with E-state index in [0.717, 1.165) is 53.8 Å². The average molecular weight is 354 g/mol. The maximum Gasteiger partial charge on any atom is 0.247 e. The fraction of sp³-hybridized carbons (Fsp3) is 0.318. The van der Waals surface area contributed by atoms with E-state index in [2.05, 4.69) is 36.5 Å². The predicted octanol–water partition coefficient (Wildman–Crippen LogP) is 5.38. The van der Waals surface area contributed by atoms with Crippen molar-refractivity contribution < 1.29 is 4.79 Å². The van der Waals surface area contributed by atoms with Gasteiger partial charge in [-0.25, -0.2) is 0 Å². The van der Waals surface area contributed by atoms with Crippen LogP contribution in [0.15, 0.2) is 59.7 Å². The van der Waals surface area contributed by atoms with Gasteiger partial charge in [-0.3, -0.25) is 4.79 Å². The Morgan fingerprint density at radius 2 is 1.76 bits per heavy atom. The van der Waals surface area contributed by atoms with Gasteiger partial charge in [0.15, 0.2) is 0 Å². The Labute approximate surface area is 154 Å². The molecule has 0 atom stereocenters. The number of nitrogens with one attached hydrogen (secondary N) is 1. The van der Waals surface area contributed by atoms with Gasteiger partial charge < -0.3 is 5.32 Å². The van der Waals surface area contributed by atoms with Crippen LogP contribution in [0.3, 0.4) is 0 Å². The Morgan fingerprint density at radius 1 is 1.04 bits per heavy atom. The predicted molar refractivity (Wildman–Crippen MR) is 104 cm³/mol. The summed E-state index contributed by atoms with van der Waals surface area (Å²) >= 11 is 6.30. The van der Waals surface area contributed by atoms with E-state index in [9.17, 15) is 4.79 Å². The van der Waals surface area contributed by atoms with Crippen LogP contribution in [0, 0.1) is 6.92 Å². The van der Waals surface area contributed by atoms with E-state index in [4.69, 9.17) is 11.6 Å². The van der Waals surface area contributed by atoms with E-state index < -0.39 is 0 Å². The van der Waals surface area contributed by atoms with Gasteiger partial charge in [0.1, 0.15) is 0 Å². The first-order valence-electron chi connectivity index (χ1n) is 8.91. The summed E-state index contributed by atoms with van der Waals surface area (Å²) in [7, 11) is 0. The van der Waals surface area contributed by atoms with Crippen molar-refractivity contribution in [3.05, 3.63) is 81.4 Å². The van der Waals surface area contributed by atoms with Crippen LogP contribution in [0.5, 0.6) is 0 Å². The van der Waals surface area contributed by atoms with E-state index >= 15 is 0 Å². The number of allylic oxidation sites excluding steroid dienone is 1. The Bertz CT molecular complexity index is 777. The Morgan fingerprint density at radius 3 is 2.52 bits per heavy atom. The van der Waals surface area contributed by atoms with Gasteiger partial charge in [0, 0.05) is 17.1 Å². The first-order valence-corrected chi connectivity index (χ1v) is 9.29. The highest BCUT2D eigenvalue weighted by Crippen LogP contribution is 2.29. The summed E-state index contributed by atoms with van der Waals surface area (Å²) < 4.78 is 0. The number of benzene rings is 2. The molecule has 1 aliphatic carbocycles. The van der Waals surface area contributed by atoms with Crippen molar-refractivity contribution in [3.8, 4) is 0 Å². The number of hydrogen-bond donors (Lipinski definition) is 1. The Balaban J connectivity index is 1.72. The lowest BCUT2D eigenvalue weighted by Gasteiger charge is -2.20. The number of rotatable bonds is 5. The molecule has 0 heterocycles. The number of aryl methyl sites for hydroxylation is 1. The lowest BCUT2D eigenvalue weighted by Crippen LogP contribution is -2.27. The normalized spacial score (nSPS) is 14.5. The lowest BCUT2D eigenvalue weighted by molar-refractivity contribution is -0.117. The molecule has 130 valence electrons. The van der Waals surface area contributed by atoms with E-state index in [1.807, 2.05) is 24.3 Å². The second-order valence-corrected chi connectivity index (χ2v) is 7.13. The molecule has 0 fully saturated rings. The third-order valence-corrected chi connectivity index (χ3v) is 5.16. The van der Waals surface area contributed by atoms with Gasteiger partial charge in [-0.05, 0) is 56.2 Å². The molecule has 0 aromatic heterocycles. The summed E-state index contributed by atoms with van der Waals surface area (Å²) in [5.74, 6) is 0.0716. The molecule has 0 radical (unpaired) electrons. The minimum atomic E-state index is 0.0716. The molecule has 0 unspecified atom stereocenters. The first kappa shape index (κ1) is 17.8. The zero-order chi connectivity index (χ0) is 17.6. The third-order valence-electron chi connectivity index (χ3n) is 4.79. The minimum Gasteiger partial charge on any atom is -0.348 e. The van der Waals surface area contributed by atoms with E-state index in [-0.39, 0.29) is 5.91 Å². The average Bonchev–Trinajstić information content (AvgIpc) is 2.63. The monoisotopic (exact) mass is 353 g/mol. The molecule has 0 saturated heterocycles. The zero-order valence-electron chi connectivity index (χ0n) is 14.6. The molecule has 0 saturated carbocycles. The highest BCUT2D eigenvalue weighted by atomic mass is 35.5. The van der Waals surface area contributed by atoms with E-state index in [0.29, 0.717) is 6.54 Å². The van der Waals surface area contributed by atoms with Crippen LogP contribution in [-0.4, -0.2) is 5.91 Å². The highest BCUT2D eigenvalue weighted by molar-refractivity contribution is 6.31. The van der Waals surface area contributed by atoms with Gasteiger partial charge in [0.05, 0.1) is 0 Å². The molecule has 3 heteroatoms. The highest BCUT2D eigenvalue weighted by Gasteiger charge is 2.19. The van der Waals surface area contributed by atoms with Gasteiger partial charge in [0.25, 0.3) is 0 Å². The number of hydrogen-bond acceptors (Lipinski definition) is 1. The third kappa shape index (κ3) is 4.73. The van der Waals surface area contributed by atoms with Crippen molar-refractivity contribution in [1.82, 2.24) is 5.32 Å². The maximum absolute atomic E-state index is 12.7. The van der Waals surface area contributed by atoms with Crippen LogP contribution in [0.1, 0.15) is 42.4 Å². The summed E-state index contributed by atoms with van der Waals surface area (Å²) in [6, 6.07) is 16.2. The van der Waals surface area contributed by atoms with Gasteiger partial charge in [0.2, 0.25) is 5.91 Å². The number of carbonyl (C=O) groups excluding carboxylic acids is 1. The van der Waals surface area contributed by atoms with Crippen LogP contribution in [0.25, 0.3) is 0 Å². The van der Waals surface area contributed by atoms with Gasteiger partial charge >= 0.3 is 0 Å². The van der Waals surface area contributed by atoms with Crippen LogP contribution in [-0.2, 0) is 17.8 Å². The smallest absolute Gasteiger partial charge is 0.247 e. The minimum absolute atomic E-state index is 0.0716. The maximum atomic E-state index is 12.7. The second-order valence-electron chi connectivity index (χ2n) is 6.73. The van der Waals surface area contributed by atoms with Gasteiger partial charge in [-0.2, -0.15) is 0 Å². The van der Waals surface area contributed by atoms with Crippen molar-refractivity contribution >= 4 is 17.5 Å². The van der Waals surface area contributed by atoms with E-state index in [1.54, 1.807) is 0 Å². The summed E-state index contributed by atoms with van der Waals surface area (Å²) in [6.07, 6.45) is 4.85. The molecular formula is C22H24ClNO. The molecule has 2 aromatic carbocycles. The summed E-state index contributed by atoms with van der Waals surface area (Å²) in [5.41, 5.74) is 5.65. The quantitative estimate of drug-likeness (QED) is 0.768.